The summed E-state index contributed by atoms with van der Waals surface area (Å²) in [7, 11) is 1.94. The van der Waals surface area contributed by atoms with Gasteiger partial charge in [0.1, 0.15) is 12.3 Å². The van der Waals surface area contributed by atoms with E-state index in [2.05, 4.69) is 17.6 Å². The fourth-order valence-electron chi connectivity index (χ4n) is 6.15. The predicted molar refractivity (Wildman–Crippen MR) is 192 cm³/mol. The summed E-state index contributed by atoms with van der Waals surface area (Å²) in [4.78, 5) is 25.7. The van der Waals surface area contributed by atoms with Crippen LogP contribution in [0.5, 0.6) is 5.75 Å². The van der Waals surface area contributed by atoms with Crippen molar-refractivity contribution in [3.63, 3.8) is 0 Å². The first kappa shape index (κ1) is 37.5. The number of phenols is 1. The van der Waals surface area contributed by atoms with Gasteiger partial charge in [0.2, 0.25) is 0 Å². The zero-order valence-electron chi connectivity index (χ0n) is 29.2. The van der Waals surface area contributed by atoms with E-state index in [-0.39, 0.29) is 50.2 Å². The fourth-order valence-corrected chi connectivity index (χ4v) is 6.15. The van der Waals surface area contributed by atoms with Crippen molar-refractivity contribution < 1.29 is 39.1 Å². The maximum atomic E-state index is 12.1. The third-order valence-electron chi connectivity index (χ3n) is 8.95. The van der Waals surface area contributed by atoms with E-state index in [1.165, 1.54) is 0 Å². The summed E-state index contributed by atoms with van der Waals surface area (Å²) in [6.45, 7) is 4.98. The first-order valence-corrected chi connectivity index (χ1v) is 17.2. The van der Waals surface area contributed by atoms with E-state index in [0.29, 0.717) is 18.7 Å². The molecular formula is C40H47N3O8. The third-order valence-corrected chi connectivity index (χ3v) is 8.95. The normalized spacial score (nSPS) is 19.3. The van der Waals surface area contributed by atoms with Crippen molar-refractivity contribution >= 4 is 12.0 Å². The first-order chi connectivity index (χ1) is 24.6. The smallest absolute Gasteiger partial charge is 0.325 e. The van der Waals surface area contributed by atoms with Crippen molar-refractivity contribution in [2.45, 2.75) is 51.6 Å². The monoisotopic (exact) mass is 697 g/mol. The van der Waals surface area contributed by atoms with Gasteiger partial charge >= 0.3 is 12.0 Å². The summed E-state index contributed by atoms with van der Waals surface area (Å²) in [5.74, 6) is -0.421. The van der Waals surface area contributed by atoms with Gasteiger partial charge in [-0.3, -0.25) is 4.79 Å². The number of hydrogen-bond acceptors (Lipinski definition) is 9. The van der Waals surface area contributed by atoms with Crippen molar-refractivity contribution in [3.8, 4) is 16.9 Å². The zero-order chi connectivity index (χ0) is 36.3. The SMILES string of the molecule is CCOC(=O)CNC(=O)NCc1cccc(-c2ccc([C@@H]3O[C@H](CN(C)C[C@@H](O)c4cccc(O)c4)[C@H](C)[C@H](c4ccc(CO)cc4)O3)cc2)c1. The van der Waals surface area contributed by atoms with Gasteiger partial charge in [0.25, 0.3) is 0 Å². The second-order valence-electron chi connectivity index (χ2n) is 12.8. The van der Waals surface area contributed by atoms with Gasteiger partial charge in [-0.2, -0.15) is 0 Å². The summed E-state index contributed by atoms with van der Waals surface area (Å²) >= 11 is 0. The van der Waals surface area contributed by atoms with Crippen molar-refractivity contribution in [2.75, 3.05) is 33.3 Å². The molecule has 11 heteroatoms. The molecule has 11 nitrogen and oxygen atoms in total. The van der Waals surface area contributed by atoms with E-state index in [0.717, 1.165) is 33.4 Å². The molecule has 0 bridgehead atoms. The molecule has 5 rings (SSSR count). The number of amides is 2. The van der Waals surface area contributed by atoms with Crippen LogP contribution in [0, 0.1) is 5.92 Å². The maximum Gasteiger partial charge on any atom is 0.325 e. The molecule has 0 aliphatic carbocycles. The van der Waals surface area contributed by atoms with Gasteiger partial charge in [-0.1, -0.05) is 85.8 Å². The molecule has 4 aromatic carbocycles. The van der Waals surface area contributed by atoms with Crippen molar-refractivity contribution in [1.29, 1.82) is 0 Å². The molecule has 1 saturated heterocycles. The lowest BCUT2D eigenvalue weighted by atomic mass is 9.90. The molecule has 4 aromatic rings. The standard InChI is InChI=1S/C40H47N3O8/c1-4-49-37(47)22-42-40(48)41-21-28-7-5-8-32(19-28)29-15-17-31(18-16-29)39-50-36(24-43(3)23-35(46)33-9-6-10-34(45)20-33)26(2)38(51-39)30-13-11-27(25-44)12-14-30/h5-20,26,35-36,38-39,44-46H,4,21-25H2,1-3H3,(H2,41,42,48)/t26-,35+,36+,38+,39+/m0/s1. The first-order valence-electron chi connectivity index (χ1n) is 17.2. The largest absolute Gasteiger partial charge is 0.508 e. The Bertz CT molecular complexity index is 1730. The van der Waals surface area contributed by atoms with E-state index >= 15 is 0 Å². The number of phenolic OH excluding ortho intramolecular Hbond substituents is 1. The predicted octanol–water partition coefficient (Wildman–Crippen LogP) is 5.37. The Morgan fingerprint density at radius 1 is 0.882 bits per heavy atom. The topological polar surface area (TPSA) is 150 Å². The van der Waals surface area contributed by atoms with E-state index in [1.807, 2.05) is 84.7 Å². The van der Waals surface area contributed by atoms with E-state index in [1.54, 1.807) is 31.2 Å². The van der Waals surface area contributed by atoms with Crippen LogP contribution in [0.2, 0.25) is 0 Å². The lowest BCUT2D eigenvalue weighted by Gasteiger charge is -2.42. The van der Waals surface area contributed by atoms with Gasteiger partial charge in [-0.05, 0) is 65.6 Å². The van der Waals surface area contributed by atoms with Gasteiger partial charge < -0.3 is 45.1 Å². The van der Waals surface area contributed by atoms with E-state index in [9.17, 15) is 24.9 Å². The molecule has 5 atom stereocenters. The number of nitrogens with zero attached hydrogens (tertiary/aromatic N) is 1. The highest BCUT2D eigenvalue weighted by Crippen LogP contribution is 2.42. The summed E-state index contributed by atoms with van der Waals surface area (Å²) in [5, 5.41) is 35.6. The molecule has 1 aliphatic heterocycles. The Hall–Kier alpha value is -4.78. The highest BCUT2D eigenvalue weighted by Gasteiger charge is 2.39. The van der Waals surface area contributed by atoms with Gasteiger partial charge in [0.15, 0.2) is 6.29 Å². The molecule has 0 aromatic heterocycles. The number of urea groups is 1. The number of likely N-dealkylation sites (N-methyl/N-ethyl adjacent to an activating group) is 1. The Labute approximate surface area is 298 Å². The number of carbonyl (C=O) groups excluding carboxylic acids is 2. The molecule has 1 fully saturated rings. The quantitative estimate of drug-likeness (QED) is 0.110. The highest BCUT2D eigenvalue weighted by molar-refractivity contribution is 5.80. The number of aliphatic hydroxyl groups excluding tert-OH is 2. The number of nitrogens with one attached hydrogen (secondary N) is 2. The molecule has 2 amide bonds. The second kappa shape index (κ2) is 17.9. The lowest BCUT2D eigenvalue weighted by Crippen LogP contribution is -2.44. The van der Waals surface area contributed by atoms with Crippen LogP contribution in [0.4, 0.5) is 4.79 Å². The second-order valence-corrected chi connectivity index (χ2v) is 12.8. The van der Waals surface area contributed by atoms with E-state index in [4.69, 9.17) is 14.2 Å². The minimum Gasteiger partial charge on any atom is -0.508 e. The average molecular weight is 698 g/mol. The van der Waals surface area contributed by atoms with Crippen LogP contribution >= 0.6 is 0 Å². The van der Waals surface area contributed by atoms with Crippen LogP contribution in [0.1, 0.15) is 60.2 Å². The number of carbonyl (C=O) groups is 2. The minimum atomic E-state index is -0.787. The van der Waals surface area contributed by atoms with Crippen LogP contribution in [0.25, 0.3) is 11.1 Å². The Morgan fingerprint density at radius 2 is 1.61 bits per heavy atom. The number of aromatic hydroxyl groups is 1. The number of aliphatic hydroxyl groups is 2. The van der Waals surface area contributed by atoms with Crippen LogP contribution in [0.3, 0.4) is 0 Å². The van der Waals surface area contributed by atoms with Gasteiger partial charge in [-0.15, -0.1) is 0 Å². The highest BCUT2D eigenvalue weighted by atomic mass is 16.7. The lowest BCUT2D eigenvalue weighted by molar-refractivity contribution is -0.276. The Kier molecular flexibility index (Phi) is 13.2. The Balaban J connectivity index is 1.28. The van der Waals surface area contributed by atoms with Crippen LogP contribution in [-0.2, 0) is 32.2 Å². The number of rotatable bonds is 14. The molecule has 270 valence electrons. The Morgan fingerprint density at radius 3 is 2.31 bits per heavy atom. The number of benzene rings is 4. The molecular weight excluding hydrogens is 650 g/mol. The molecule has 51 heavy (non-hydrogen) atoms. The molecule has 0 spiro atoms. The molecule has 0 saturated carbocycles. The number of hydrogen-bond donors (Lipinski definition) is 5. The third kappa shape index (κ3) is 10.4. The molecule has 1 aliphatic rings. The van der Waals surface area contributed by atoms with Gasteiger partial charge in [0, 0.05) is 31.1 Å². The number of ether oxygens (including phenoxy) is 3. The molecule has 0 unspecified atom stereocenters. The fraction of sp³-hybridized carbons (Fsp3) is 0.350. The summed E-state index contributed by atoms with van der Waals surface area (Å²) in [5.41, 5.74) is 6.14. The van der Waals surface area contributed by atoms with Crippen LogP contribution in [-0.4, -0.2) is 71.6 Å². The number of esters is 1. The molecule has 1 heterocycles. The zero-order valence-corrected chi connectivity index (χ0v) is 29.2. The summed E-state index contributed by atoms with van der Waals surface area (Å²) in [6, 6.07) is 29.8. The van der Waals surface area contributed by atoms with Gasteiger partial charge in [-0.25, -0.2) is 4.79 Å². The summed E-state index contributed by atoms with van der Waals surface area (Å²) < 4.78 is 18.1. The minimum absolute atomic E-state index is 0.0375. The molecule has 0 radical (unpaired) electrons. The maximum absolute atomic E-state index is 12.1. The average Bonchev–Trinajstić information content (AvgIpc) is 3.14. The van der Waals surface area contributed by atoms with Crippen molar-refractivity contribution in [3.05, 3.63) is 125 Å². The van der Waals surface area contributed by atoms with Crippen molar-refractivity contribution in [1.82, 2.24) is 15.5 Å². The molecule has 5 N–H and O–H groups in total. The summed E-state index contributed by atoms with van der Waals surface area (Å²) in [6.07, 6.45) is -1.98. The van der Waals surface area contributed by atoms with Crippen molar-refractivity contribution in [2.24, 2.45) is 5.92 Å². The van der Waals surface area contributed by atoms with Gasteiger partial charge in [0.05, 0.1) is 31.5 Å². The van der Waals surface area contributed by atoms with E-state index < -0.39 is 24.4 Å². The van der Waals surface area contributed by atoms with Crippen LogP contribution < -0.4 is 10.6 Å². The van der Waals surface area contributed by atoms with Crippen LogP contribution in [0.15, 0.2) is 97.1 Å².